The van der Waals surface area contributed by atoms with Gasteiger partial charge in [-0.25, -0.2) is 4.98 Å². The van der Waals surface area contributed by atoms with Crippen LogP contribution in [-0.2, 0) is 0 Å². The van der Waals surface area contributed by atoms with E-state index in [-0.39, 0.29) is 5.91 Å². The lowest BCUT2D eigenvalue weighted by atomic mass is 10.1. The number of pyridine rings is 1. The van der Waals surface area contributed by atoms with Crippen molar-refractivity contribution in [3.8, 4) is 5.75 Å². The molecule has 3 rings (SSSR count). The molecule has 1 aliphatic rings. The number of anilines is 2. The van der Waals surface area contributed by atoms with Crippen LogP contribution in [0.2, 0.25) is 0 Å². The molecule has 0 radical (unpaired) electrons. The van der Waals surface area contributed by atoms with E-state index in [1.807, 2.05) is 29.2 Å². The summed E-state index contributed by atoms with van der Waals surface area (Å²) in [5.41, 5.74) is 1.37. The number of para-hydroxylation sites is 2. The molecule has 1 aliphatic heterocycles. The molecular weight excluding hydrogens is 266 g/mol. The number of rotatable bonds is 4. The van der Waals surface area contributed by atoms with E-state index in [9.17, 15) is 4.79 Å². The lowest BCUT2D eigenvalue weighted by molar-refractivity contribution is 0.0652. The molecule has 1 N–H and O–H groups in total. The molecule has 1 saturated heterocycles. The van der Waals surface area contributed by atoms with E-state index >= 15 is 0 Å². The molecule has 0 bridgehead atoms. The minimum Gasteiger partial charge on any atom is -0.495 e. The van der Waals surface area contributed by atoms with Crippen LogP contribution in [-0.4, -0.2) is 36.0 Å². The number of carbonyl (C=O) groups is 1. The monoisotopic (exact) mass is 283 g/mol. The Balaban J connectivity index is 1.90. The van der Waals surface area contributed by atoms with Crippen LogP contribution in [0.15, 0.2) is 42.6 Å². The highest BCUT2D eigenvalue weighted by Gasteiger charge is 2.24. The van der Waals surface area contributed by atoms with E-state index in [2.05, 4.69) is 10.3 Å². The highest BCUT2D eigenvalue weighted by atomic mass is 16.5. The first-order valence-electron chi connectivity index (χ1n) is 6.94. The van der Waals surface area contributed by atoms with E-state index < -0.39 is 0 Å². The van der Waals surface area contributed by atoms with Gasteiger partial charge in [0.15, 0.2) is 0 Å². The lowest BCUT2D eigenvalue weighted by Crippen LogP contribution is -2.42. The smallest absolute Gasteiger partial charge is 0.257 e. The van der Waals surface area contributed by atoms with Crippen molar-refractivity contribution in [1.29, 1.82) is 0 Å². The van der Waals surface area contributed by atoms with Gasteiger partial charge in [-0.2, -0.15) is 0 Å². The molecule has 1 aromatic carbocycles. The van der Waals surface area contributed by atoms with Gasteiger partial charge in [0.2, 0.25) is 0 Å². The summed E-state index contributed by atoms with van der Waals surface area (Å²) < 4.78 is 5.31. The van der Waals surface area contributed by atoms with Gasteiger partial charge in [0.25, 0.3) is 5.91 Å². The van der Waals surface area contributed by atoms with Crippen LogP contribution >= 0.6 is 0 Å². The normalized spacial score (nSPS) is 13.5. The number of carbonyl (C=O) groups excluding carboxylic acids is 1. The number of hydrogen-bond donors (Lipinski definition) is 1. The fraction of sp³-hybridized carbons (Fsp3) is 0.250. The van der Waals surface area contributed by atoms with Gasteiger partial charge in [-0.1, -0.05) is 12.1 Å². The zero-order chi connectivity index (χ0) is 14.7. The van der Waals surface area contributed by atoms with Crippen LogP contribution in [0.25, 0.3) is 0 Å². The van der Waals surface area contributed by atoms with Crippen molar-refractivity contribution in [1.82, 2.24) is 9.88 Å². The maximum Gasteiger partial charge on any atom is 0.257 e. The van der Waals surface area contributed by atoms with E-state index in [0.29, 0.717) is 17.1 Å². The Kier molecular flexibility index (Phi) is 3.73. The van der Waals surface area contributed by atoms with Crippen molar-refractivity contribution < 1.29 is 9.53 Å². The van der Waals surface area contributed by atoms with Gasteiger partial charge in [-0.05, 0) is 30.7 Å². The predicted octanol–water partition coefficient (Wildman–Crippen LogP) is 2.68. The van der Waals surface area contributed by atoms with Crippen LogP contribution in [0.5, 0.6) is 5.75 Å². The summed E-state index contributed by atoms with van der Waals surface area (Å²) in [4.78, 5) is 18.5. The summed E-state index contributed by atoms with van der Waals surface area (Å²) in [6.45, 7) is 1.64. The standard InChI is InChI=1S/C16H17N3O2/c1-21-14-8-3-2-7-13(14)18-15-12(6-4-9-17-15)16(20)19-10-5-11-19/h2-4,6-9H,5,10-11H2,1H3,(H,17,18). The highest BCUT2D eigenvalue weighted by molar-refractivity contribution is 5.99. The van der Waals surface area contributed by atoms with Gasteiger partial charge < -0.3 is 15.0 Å². The molecule has 1 fully saturated rings. The number of ether oxygens (including phenoxy) is 1. The highest BCUT2D eigenvalue weighted by Crippen LogP contribution is 2.28. The van der Waals surface area contributed by atoms with Crippen molar-refractivity contribution >= 4 is 17.4 Å². The van der Waals surface area contributed by atoms with Gasteiger partial charge in [0.05, 0.1) is 18.4 Å². The first-order chi connectivity index (χ1) is 10.3. The molecule has 1 amide bonds. The quantitative estimate of drug-likeness (QED) is 0.937. The van der Waals surface area contributed by atoms with Crippen molar-refractivity contribution in [2.24, 2.45) is 0 Å². The zero-order valence-corrected chi connectivity index (χ0v) is 11.9. The first-order valence-corrected chi connectivity index (χ1v) is 6.94. The molecule has 0 aliphatic carbocycles. The minimum atomic E-state index is 0.0201. The molecule has 2 heterocycles. The van der Waals surface area contributed by atoms with Gasteiger partial charge in [-0.3, -0.25) is 4.79 Å². The Labute approximate surface area is 123 Å². The molecule has 2 aromatic rings. The summed E-state index contributed by atoms with van der Waals surface area (Å²) >= 11 is 0. The van der Waals surface area contributed by atoms with Crippen molar-refractivity contribution in [3.05, 3.63) is 48.2 Å². The number of nitrogens with one attached hydrogen (secondary N) is 1. The number of hydrogen-bond acceptors (Lipinski definition) is 4. The molecule has 1 aromatic heterocycles. The van der Waals surface area contributed by atoms with Gasteiger partial charge in [0, 0.05) is 19.3 Å². The van der Waals surface area contributed by atoms with Crippen molar-refractivity contribution in [2.75, 3.05) is 25.5 Å². The number of methoxy groups -OCH3 is 1. The Morgan fingerprint density at radius 1 is 1.24 bits per heavy atom. The van der Waals surface area contributed by atoms with E-state index in [0.717, 1.165) is 25.2 Å². The molecule has 5 heteroatoms. The van der Waals surface area contributed by atoms with E-state index in [4.69, 9.17) is 4.74 Å². The molecule has 21 heavy (non-hydrogen) atoms. The van der Waals surface area contributed by atoms with E-state index in [1.165, 1.54) is 0 Å². The Morgan fingerprint density at radius 3 is 2.76 bits per heavy atom. The number of benzene rings is 1. The Hall–Kier alpha value is -2.56. The summed E-state index contributed by atoms with van der Waals surface area (Å²) in [7, 11) is 1.62. The number of aromatic nitrogens is 1. The lowest BCUT2D eigenvalue weighted by Gasteiger charge is -2.31. The fourth-order valence-corrected chi connectivity index (χ4v) is 2.24. The predicted molar refractivity (Wildman–Crippen MR) is 81.0 cm³/mol. The second-order valence-electron chi connectivity index (χ2n) is 4.87. The number of likely N-dealkylation sites (tertiary alicyclic amines) is 1. The van der Waals surface area contributed by atoms with Crippen molar-refractivity contribution in [2.45, 2.75) is 6.42 Å². The molecule has 0 unspecified atom stereocenters. The largest absolute Gasteiger partial charge is 0.495 e. The second kappa shape index (κ2) is 5.83. The van der Waals surface area contributed by atoms with Gasteiger partial charge in [-0.15, -0.1) is 0 Å². The molecule has 0 spiro atoms. The zero-order valence-electron chi connectivity index (χ0n) is 11.9. The third-order valence-corrected chi connectivity index (χ3v) is 3.54. The third kappa shape index (κ3) is 2.67. The van der Waals surface area contributed by atoms with Gasteiger partial charge in [0.1, 0.15) is 11.6 Å². The topological polar surface area (TPSA) is 54.5 Å². The molecule has 0 atom stereocenters. The van der Waals surface area contributed by atoms with Crippen LogP contribution < -0.4 is 10.1 Å². The van der Waals surface area contributed by atoms with Crippen LogP contribution in [0.1, 0.15) is 16.8 Å². The molecule has 0 saturated carbocycles. The number of amides is 1. The van der Waals surface area contributed by atoms with E-state index in [1.54, 1.807) is 25.4 Å². The minimum absolute atomic E-state index is 0.0201. The summed E-state index contributed by atoms with van der Waals surface area (Å²) in [5.74, 6) is 1.29. The van der Waals surface area contributed by atoms with Crippen LogP contribution in [0.4, 0.5) is 11.5 Å². The maximum atomic E-state index is 12.4. The summed E-state index contributed by atoms with van der Waals surface area (Å²) in [6, 6.07) is 11.1. The van der Waals surface area contributed by atoms with Crippen LogP contribution in [0.3, 0.4) is 0 Å². The summed E-state index contributed by atoms with van der Waals surface area (Å²) in [6.07, 6.45) is 2.74. The molecule has 108 valence electrons. The SMILES string of the molecule is COc1ccccc1Nc1ncccc1C(=O)N1CCC1. The molecule has 5 nitrogen and oxygen atoms in total. The van der Waals surface area contributed by atoms with Crippen molar-refractivity contribution in [3.63, 3.8) is 0 Å². The number of nitrogens with zero attached hydrogens (tertiary/aromatic N) is 2. The van der Waals surface area contributed by atoms with Crippen LogP contribution in [0, 0.1) is 0 Å². The second-order valence-corrected chi connectivity index (χ2v) is 4.87. The van der Waals surface area contributed by atoms with Gasteiger partial charge >= 0.3 is 0 Å². The Morgan fingerprint density at radius 2 is 2.05 bits per heavy atom. The fourth-order valence-electron chi connectivity index (χ4n) is 2.24. The average molecular weight is 283 g/mol. The Bertz CT molecular complexity index is 653. The summed E-state index contributed by atoms with van der Waals surface area (Å²) in [5, 5.41) is 3.19. The first kappa shape index (κ1) is 13.4. The third-order valence-electron chi connectivity index (χ3n) is 3.54. The molecular formula is C16H17N3O2. The average Bonchev–Trinajstić information content (AvgIpc) is 2.46. The maximum absolute atomic E-state index is 12.4.